The number of benzene rings is 1. The number of hydrogen-bond acceptors (Lipinski definition) is 4. The molecule has 2 atom stereocenters. The lowest BCUT2D eigenvalue weighted by Gasteiger charge is -2.32. The first-order valence-electron chi connectivity index (χ1n) is 7.46. The first-order valence-corrected chi connectivity index (χ1v) is 9.01. The molecule has 1 fully saturated rings. The number of likely N-dealkylation sites (tertiary alicyclic amines) is 1. The highest BCUT2D eigenvalue weighted by Gasteiger charge is 2.41. The fraction of sp³-hybridized carbons (Fsp3) is 0.562. The molecule has 0 N–H and O–H groups in total. The van der Waals surface area contributed by atoms with Crippen LogP contribution in [0, 0.1) is 5.41 Å². The first kappa shape index (κ1) is 18.0. The molecule has 0 aromatic heterocycles. The number of nitrogens with zero attached hydrogens (tertiary/aromatic N) is 1. The molecule has 1 aliphatic heterocycles. The molecule has 0 aliphatic carbocycles. The number of carbonyl (C=O) groups is 1. The summed E-state index contributed by atoms with van der Waals surface area (Å²) in [6.45, 7) is 6.68. The zero-order valence-electron chi connectivity index (χ0n) is 13.1. The molecule has 4 nitrogen and oxygen atoms in total. The van der Waals surface area contributed by atoms with Gasteiger partial charge in [0.1, 0.15) is 23.0 Å². The second-order valence-corrected chi connectivity index (χ2v) is 7.74. The van der Waals surface area contributed by atoms with Crippen molar-refractivity contribution in [2.75, 3.05) is 6.54 Å². The third-order valence-electron chi connectivity index (χ3n) is 4.37. The Morgan fingerprint density at radius 1 is 1.41 bits per heavy atom. The van der Waals surface area contributed by atoms with Crippen LogP contribution in [0.15, 0.2) is 30.3 Å². The van der Waals surface area contributed by atoms with Gasteiger partial charge in [0.2, 0.25) is 5.91 Å². The Labute approximate surface area is 151 Å². The van der Waals surface area contributed by atoms with E-state index >= 15 is 0 Å². The quantitative estimate of drug-likeness (QED) is 0.479. The second-order valence-electron chi connectivity index (χ2n) is 6.21. The predicted octanol–water partition coefficient (Wildman–Crippen LogP) is 4.71. The standard InChI is InChI=1S/C16H22INO3S/c1-4-16(2,3)15(19)18-11-13(20-22-21-17)10-14(18)12-8-6-5-7-9-12/h5-9,13-14H,4,10-11H2,1-3H3. The van der Waals surface area contributed by atoms with Crippen LogP contribution in [0.1, 0.15) is 45.2 Å². The molecular formula is C16H22INO3S. The topological polar surface area (TPSA) is 38.8 Å². The Balaban J connectivity index is 2.21. The van der Waals surface area contributed by atoms with E-state index in [4.69, 9.17) is 6.70 Å². The summed E-state index contributed by atoms with van der Waals surface area (Å²) in [6, 6.07) is 10.2. The Bertz CT molecular complexity index is 497. The largest absolute Gasteiger partial charge is 0.332 e. The molecule has 1 heterocycles. The van der Waals surface area contributed by atoms with Gasteiger partial charge in [-0.1, -0.05) is 51.1 Å². The van der Waals surface area contributed by atoms with Crippen molar-refractivity contribution in [2.24, 2.45) is 5.41 Å². The fourth-order valence-electron chi connectivity index (χ4n) is 2.69. The van der Waals surface area contributed by atoms with Crippen LogP contribution in [0.5, 0.6) is 0 Å². The molecule has 0 radical (unpaired) electrons. The van der Waals surface area contributed by atoms with Crippen LogP contribution in [0.3, 0.4) is 0 Å². The summed E-state index contributed by atoms with van der Waals surface area (Å²) in [6.07, 6.45) is 1.60. The summed E-state index contributed by atoms with van der Waals surface area (Å²) in [5.41, 5.74) is 0.809. The summed E-state index contributed by atoms with van der Waals surface area (Å²) in [7, 11) is 0. The van der Waals surface area contributed by atoms with E-state index < -0.39 is 0 Å². The minimum atomic E-state index is -0.352. The van der Waals surface area contributed by atoms with Crippen LogP contribution >= 0.6 is 35.3 Å². The van der Waals surface area contributed by atoms with Gasteiger partial charge in [-0.15, -0.1) is 0 Å². The van der Waals surface area contributed by atoms with Crippen molar-refractivity contribution >= 4 is 41.2 Å². The molecule has 1 amide bonds. The van der Waals surface area contributed by atoms with Crippen LogP contribution in [0.2, 0.25) is 0 Å². The maximum atomic E-state index is 12.9. The van der Waals surface area contributed by atoms with Crippen LogP contribution in [0.4, 0.5) is 0 Å². The van der Waals surface area contributed by atoms with Crippen molar-refractivity contribution in [3.8, 4) is 0 Å². The van der Waals surface area contributed by atoms with Crippen LogP contribution in [0.25, 0.3) is 0 Å². The van der Waals surface area contributed by atoms with Crippen molar-refractivity contribution in [1.82, 2.24) is 4.90 Å². The SMILES string of the molecule is CCC(C)(C)C(=O)N1CC(OSOI)CC1c1ccccc1. The van der Waals surface area contributed by atoms with Crippen molar-refractivity contribution in [2.45, 2.75) is 45.8 Å². The third kappa shape index (κ3) is 4.15. The average molecular weight is 435 g/mol. The van der Waals surface area contributed by atoms with Crippen molar-refractivity contribution in [3.05, 3.63) is 35.9 Å². The zero-order valence-corrected chi connectivity index (χ0v) is 16.1. The number of carbonyl (C=O) groups excluding carboxylic acids is 1. The van der Waals surface area contributed by atoms with E-state index in [9.17, 15) is 4.79 Å². The summed E-state index contributed by atoms with van der Waals surface area (Å²) in [4.78, 5) is 14.9. The lowest BCUT2D eigenvalue weighted by molar-refractivity contribution is -0.141. The lowest BCUT2D eigenvalue weighted by atomic mass is 9.88. The van der Waals surface area contributed by atoms with E-state index in [1.54, 1.807) is 23.0 Å². The molecule has 1 aromatic carbocycles. The second kappa shape index (κ2) is 7.99. The van der Waals surface area contributed by atoms with E-state index in [1.165, 1.54) is 0 Å². The van der Waals surface area contributed by atoms with Gasteiger partial charge in [-0.05, 0) is 12.0 Å². The molecule has 2 unspecified atom stereocenters. The maximum absolute atomic E-state index is 12.9. The van der Waals surface area contributed by atoms with Gasteiger partial charge in [-0.25, -0.2) is 2.51 Å². The molecule has 2 rings (SSSR count). The molecule has 1 aliphatic rings. The number of hydrogen-bond donors (Lipinski definition) is 0. The van der Waals surface area contributed by atoms with Crippen molar-refractivity contribution in [1.29, 1.82) is 0 Å². The van der Waals surface area contributed by atoms with Gasteiger partial charge in [-0.2, -0.15) is 0 Å². The Morgan fingerprint density at radius 2 is 2.09 bits per heavy atom. The van der Waals surface area contributed by atoms with E-state index in [1.807, 2.05) is 36.9 Å². The zero-order chi connectivity index (χ0) is 16.2. The molecule has 1 aromatic rings. The lowest BCUT2D eigenvalue weighted by Crippen LogP contribution is -2.41. The first-order chi connectivity index (χ1) is 10.5. The van der Waals surface area contributed by atoms with Crippen LogP contribution in [-0.2, 0) is 11.5 Å². The monoisotopic (exact) mass is 435 g/mol. The van der Waals surface area contributed by atoms with E-state index in [-0.39, 0.29) is 23.5 Å². The minimum Gasteiger partial charge on any atom is -0.332 e. The smallest absolute Gasteiger partial charge is 0.228 e. The number of amides is 1. The van der Waals surface area contributed by atoms with E-state index in [2.05, 4.69) is 19.1 Å². The summed E-state index contributed by atoms with van der Waals surface area (Å²) >= 11 is 2.76. The minimum absolute atomic E-state index is 0.0124. The summed E-state index contributed by atoms with van der Waals surface area (Å²) in [5, 5.41) is 0. The molecule has 0 bridgehead atoms. The molecule has 0 saturated carbocycles. The van der Waals surface area contributed by atoms with Crippen molar-refractivity contribution in [3.63, 3.8) is 0 Å². The predicted molar refractivity (Wildman–Crippen MR) is 97.2 cm³/mol. The van der Waals surface area contributed by atoms with Gasteiger partial charge >= 0.3 is 0 Å². The van der Waals surface area contributed by atoms with Gasteiger partial charge in [0.25, 0.3) is 0 Å². The highest BCUT2D eigenvalue weighted by atomic mass is 127. The number of halogens is 1. The maximum Gasteiger partial charge on any atom is 0.228 e. The molecular weight excluding hydrogens is 413 g/mol. The van der Waals surface area contributed by atoms with Gasteiger partial charge in [0.15, 0.2) is 12.3 Å². The van der Waals surface area contributed by atoms with Gasteiger partial charge < -0.3 is 4.90 Å². The van der Waals surface area contributed by atoms with Gasteiger partial charge in [-0.3, -0.25) is 8.98 Å². The third-order valence-corrected chi connectivity index (χ3v) is 5.21. The fourth-order valence-corrected chi connectivity index (χ4v) is 3.23. The summed E-state index contributed by atoms with van der Waals surface area (Å²) in [5.74, 6) is 0.190. The Kier molecular flexibility index (Phi) is 6.55. The van der Waals surface area contributed by atoms with Gasteiger partial charge in [0, 0.05) is 18.4 Å². The molecule has 22 heavy (non-hydrogen) atoms. The van der Waals surface area contributed by atoms with Crippen molar-refractivity contribution < 1.29 is 11.5 Å². The molecule has 122 valence electrons. The Morgan fingerprint density at radius 3 is 2.68 bits per heavy atom. The highest BCUT2D eigenvalue weighted by molar-refractivity contribution is 14.1. The Hall–Kier alpha value is -0.310. The van der Waals surface area contributed by atoms with Crippen LogP contribution in [-0.4, -0.2) is 23.5 Å². The van der Waals surface area contributed by atoms with Gasteiger partial charge in [0.05, 0.1) is 12.1 Å². The molecule has 0 spiro atoms. The number of rotatable bonds is 6. The molecule has 1 saturated heterocycles. The average Bonchev–Trinajstić information content (AvgIpc) is 2.97. The molecule has 6 heteroatoms. The van der Waals surface area contributed by atoms with Crippen LogP contribution < -0.4 is 0 Å². The van der Waals surface area contributed by atoms with E-state index in [0.717, 1.165) is 30.7 Å². The summed E-state index contributed by atoms with van der Waals surface area (Å²) < 4.78 is 10.5. The highest BCUT2D eigenvalue weighted by Crippen LogP contribution is 2.38. The normalized spacial score (nSPS) is 22.1. The van der Waals surface area contributed by atoms with E-state index in [0.29, 0.717) is 6.54 Å².